The number of hydrogen-bond donors (Lipinski definition) is 2. The molecule has 1 fully saturated rings. The minimum absolute atomic E-state index is 0.187. The van der Waals surface area contributed by atoms with Crippen molar-refractivity contribution in [3.63, 3.8) is 0 Å². The van der Waals surface area contributed by atoms with Gasteiger partial charge in [0.05, 0.1) is 5.54 Å². The van der Waals surface area contributed by atoms with Gasteiger partial charge in [-0.3, -0.25) is 9.69 Å². The first-order valence-electron chi connectivity index (χ1n) is 8.48. The third kappa shape index (κ3) is 5.26. The van der Waals surface area contributed by atoms with Gasteiger partial charge in [-0.05, 0) is 44.9 Å². The first-order chi connectivity index (χ1) is 9.66. The Hall–Kier alpha value is -0.610. The van der Waals surface area contributed by atoms with Crippen LogP contribution in [0.15, 0.2) is 0 Å². The molecule has 3 N–H and O–H groups in total. The van der Waals surface area contributed by atoms with Crippen LogP contribution in [0.2, 0.25) is 0 Å². The average Bonchev–Trinajstić information content (AvgIpc) is 2.71. The first-order valence-corrected chi connectivity index (χ1v) is 8.48. The van der Waals surface area contributed by atoms with E-state index in [1.165, 1.54) is 0 Å². The van der Waals surface area contributed by atoms with E-state index in [9.17, 15) is 4.79 Å². The van der Waals surface area contributed by atoms with E-state index in [0.717, 1.165) is 32.4 Å². The number of hydrogen-bond acceptors (Lipinski definition) is 3. The van der Waals surface area contributed by atoms with Gasteiger partial charge in [-0.2, -0.15) is 0 Å². The van der Waals surface area contributed by atoms with Crippen LogP contribution >= 0.6 is 0 Å². The largest absolute Gasteiger partial charge is 0.368 e. The van der Waals surface area contributed by atoms with Crippen LogP contribution < -0.4 is 11.1 Å². The normalized spacial score (nSPS) is 26.5. The molecular weight excluding hydrogens is 262 g/mol. The fraction of sp³-hybridized carbons (Fsp3) is 0.941. The molecule has 0 aromatic carbocycles. The van der Waals surface area contributed by atoms with E-state index >= 15 is 0 Å². The van der Waals surface area contributed by atoms with E-state index in [1.54, 1.807) is 0 Å². The molecule has 124 valence electrons. The van der Waals surface area contributed by atoms with E-state index in [4.69, 9.17) is 5.73 Å². The second-order valence-corrected chi connectivity index (χ2v) is 7.88. The highest BCUT2D eigenvalue weighted by molar-refractivity contribution is 5.85. The van der Waals surface area contributed by atoms with Crippen LogP contribution in [0, 0.1) is 11.8 Å². The molecule has 1 amide bonds. The maximum atomic E-state index is 12.0. The van der Waals surface area contributed by atoms with E-state index in [0.29, 0.717) is 17.9 Å². The Morgan fingerprint density at radius 3 is 2.10 bits per heavy atom. The van der Waals surface area contributed by atoms with E-state index in [-0.39, 0.29) is 11.9 Å². The summed E-state index contributed by atoms with van der Waals surface area (Å²) in [5.74, 6) is 1.10. The highest BCUT2D eigenvalue weighted by Gasteiger charge is 2.45. The second kappa shape index (κ2) is 7.59. The Bertz CT molecular complexity index is 331. The monoisotopic (exact) mass is 297 g/mol. The summed E-state index contributed by atoms with van der Waals surface area (Å²) < 4.78 is 0. The molecule has 1 rings (SSSR count). The van der Waals surface area contributed by atoms with Gasteiger partial charge < -0.3 is 11.1 Å². The van der Waals surface area contributed by atoms with Gasteiger partial charge in [0.15, 0.2) is 0 Å². The predicted molar refractivity (Wildman–Crippen MR) is 89.1 cm³/mol. The molecule has 1 saturated carbocycles. The molecule has 2 atom stereocenters. The average molecular weight is 297 g/mol. The molecule has 4 nitrogen and oxygen atoms in total. The van der Waals surface area contributed by atoms with Crippen molar-refractivity contribution < 1.29 is 4.79 Å². The second-order valence-electron chi connectivity index (χ2n) is 7.88. The van der Waals surface area contributed by atoms with Crippen molar-refractivity contribution in [1.29, 1.82) is 0 Å². The lowest BCUT2D eigenvalue weighted by Crippen LogP contribution is -2.57. The highest BCUT2D eigenvalue weighted by Crippen LogP contribution is 2.34. The molecule has 2 unspecified atom stereocenters. The van der Waals surface area contributed by atoms with E-state index in [2.05, 4.69) is 51.8 Å². The maximum Gasteiger partial charge on any atom is 0.237 e. The van der Waals surface area contributed by atoms with Crippen LogP contribution in [0.5, 0.6) is 0 Å². The summed E-state index contributed by atoms with van der Waals surface area (Å²) in [6, 6.07) is 0.744. The summed E-state index contributed by atoms with van der Waals surface area (Å²) in [6.07, 6.45) is 2.76. The predicted octanol–water partition coefficient (Wildman–Crippen LogP) is 2.38. The summed E-state index contributed by atoms with van der Waals surface area (Å²) in [5, 5.41) is 3.44. The lowest BCUT2D eigenvalue weighted by Gasteiger charge is -2.34. The number of nitrogens with zero attached hydrogens (tertiary/aromatic N) is 1. The van der Waals surface area contributed by atoms with Crippen molar-refractivity contribution >= 4 is 5.91 Å². The van der Waals surface area contributed by atoms with Gasteiger partial charge in [-0.15, -0.1) is 0 Å². The van der Waals surface area contributed by atoms with Gasteiger partial charge >= 0.3 is 0 Å². The van der Waals surface area contributed by atoms with Crippen molar-refractivity contribution in [2.75, 3.05) is 13.1 Å². The topological polar surface area (TPSA) is 58.4 Å². The number of carbonyl (C=O) groups is 1. The molecule has 0 bridgehead atoms. The van der Waals surface area contributed by atoms with Crippen LogP contribution in [-0.4, -0.2) is 41.5 Å². The Kier molecular flexibility index (Phi) is 6.67. The number of nitrogens with one attached hydrogen (secondary N) is 1. The van der Waals surface area contributed by atoms with Crippen molar-refractivity contribution in [1.82, 2.24) is 10.2 Å². The van der Waals surface area contributed by atoms with Crippen LogP contribution in [0.1, 0.15) is 60.8 Å². The van der Waals surface area contributed by atoms with Gasteiger partial charge in [-0.1, -0.05) is 27.7 Å². The summed E-state index contributed by atoms with van der Waals surface area (Å²) in [6.45, 7) is 15.4. The first kappa shape index (κ1) is 18.4. The molecule has 21 heavy (non-hydrogen) atoms. The molecule has 0 spiro atoms. The maximum absolute atomic E-state index is 12.0. The highest BCUT2D eigenvalue weighted by atomic mass is 16.1. The van der Waals surface area contributed by atoms with Crippen molar-refractivity contribution in [2.45, 2.75) is 78.4 Å². The summed E-state index contributed by atoms with van der Waals surface area (Å²) in [7, 11) is 0. The Morgan fingerprint density at radius 2 is 1.71 bits per heavy atom. The van der Waals surface area contributed by atoms with Crippen molar-refractivity contribution in [2.24, 2.45) is 17.6 Å². The molecule has 1 aliphatic carbocycles. The quantitative estimate of drug-likeness (QED) is 0.723. The third-order valence-corrected chi connectivity index (χ3v) is 4.24. The van der Waals surface area contributed by atoms with Gasteiger partial charge in [0.2, 0.25) is 5.91 Å². The van der Waals surface area contributed by atoms with Gasteiger partial charge in [0.1, 0.15) is 0 Å². The zero-order chi connectivity index (χ0) is 16.2. The van der Waals surface area contributed by atoms with Crippen LogP contribution in [-0.2, 0) is 4.79 Å². The number of primary amides is 1. The molecule has 0 aromatic rings. The van der Waals surface area contributed by atoms with Gasteiger partial charge in [0.25, 0.3) is 0 Å². The zero-order valence-electron chi connectivity index (χ0n) is 14.8. The minimum atomic E-state index is -0.509. The lowest BCUT2D eigenvalue weighted by molar-refractivity contribution is -0.124. The van der Waals surface area contributed by atoms with Crippen LogP contribution in [0.25, 0.3) is 0 Å². The molecule has 4 heteroatoms. The smallest absolute Gasteiger partial charge is 0.237 e. The molecule has 0 radical (unpaired) electrons. The van der Waals surface area contributed by atoms with E-state index < -0.39 is 5.54 Å². The molecule has 0 saturated heterocycles. The van der Waals surface area contributed by atoms with Gasteiger partial charge in [-0.25, -0.2) is 0 Å². The SMILES string of the molecule is CC(C)CN(CC(C)C)C1CCC(NC(C)C)(C(N)=O)C1. The van der Waals surface area contributed by atoms with Crippen LogP contribution in [0.4, 0.5) is 0 Å². The van der Waals surface area contributed by atoms with Gasteiger partial charge in [0, 0.05) is 25.2 Å². The number of nitrogens with two attached hydrogens (primary N) is 1. The Labute approximate surface area is 130 Å². The number of carbonyl (C=O) groups excluding carboxylic acids is 1. The third-order valence-electron chi connectivity index (χ3n) is 4.24. The Balaban J connectivity index is 2.81. The molecule has 1 aliphatic rings. The minimum Gasteiger partial charge on any atom is -0.368 e. The fourth-order valence-corrected chi connectivity index (χ4v) is 3.62. The molecule has 0 aliphatic heterocycles. The fourth-order valence-electron chi connectivity index (χ4n) is 3.62. The Morgan fingerprint density at radius 1 is 1.19 bits per heavy atom. The zero-order valence-corrected chi connectivity index (χ0v) is 14.8. The molecule has 0 aromatic heterocycles. The van der Waals surface area contributed by atoms with Crippen LogP contribution in [0.3, 0.4) is 0 Å². The molecular formula is C17H35N3O. The van der Waals surface area contributed by atoms with Crippen molar-refractivity contribution in [3.05, 3.63) is 0 Å². The molecule has 0 heterocycles. The van der Waals surface area contributed by atoms with Crippen molar-refractivity contribution in [3.8, 4) is 0 Å². The summed E-state index contributed by atoms with van der Waals surface area (Å²) in [5.41, 5.74) is 5.22. The number of amides is 1. The van der Waals surface area contributed by atoms with E-state index in [1.807, 2.05) is 0 Å². The summed E-state index contributed by atoms with van der Waals surface area (Å²) >= 11 is 0. The number of rotatable bonds is 8. The standard InChI is InChI=1S/C17H35N3O/c1-12(2)10-20(11-13(3)4)15-7-8-17(9-15,16(18)21)19-14(5)6/h12-15,19H,7-11H2,1-6H3,(H2,18,21). The lowest BCUT2D eigenvalue weighted by atomic mass is 9.94. The summed E-state index contributed by atoms with van der Waals surface area (Å²) in [4.78, 5) is 14.6.